The van der Waals surface area contributed by atoms with Crippen LogP contribution in [0.15, 0.2) is 22.7 Å². The summed E-state index contributed by atoms with van der Waals surface area (Å²) in [4.78, 5) is 0. The topological polar surface area (TPSA) is 38.0 Å². The first-order valence-corrected chi connectivity index (χ1v) is 6.16. The van der Waals surface area contributed by atoms with E-state index in [1.54, 1.807) is 0 Å². The third kappa shape index (κ3) is 3.80. The maximum absolute atomic E-state index is 5.96. The molecule has 2 nitrogen and oxygen atoms in total. The number of halogens is 2. The molecule has 0 saturated heterocycles. The molecule has 3 N–H and O–H groups in total. The molecule has 0 heterocycles. The van der Waals surface area contributed by atoms with E-state index in [0.29, 0.717) is 5.02 Å². The van der Waals surface area contributed by atoms with Crippen LogP contribution in [0.3, 0.4) is 0 Å². The van der Waals surface area contributed by atoms with Gasteiger partial charge < -0.3 is 0 Å². The van der Waals surface area contributed by atoms with Gasteiger partial charge in [0.05, 0.1) is 0 Å². The van der Waals surface area contributed by atoms with Crippen molar-refractivity contribution in [2.24, 2.45) is 5.84 Å². The summed E-state index contributed by atoms with van der Waals surface area (Å²) < 4.78 is 1.00. The number of nitrogens with two attached hydrogens (primary N) is 1. The molecule has 0 fully saturated rings. The second kappa shape index (κ2) is 6.93. The molecule has 0 aromatic heterocycles. The summed E-state index contributed by atoms with van der Waals surface area (Å²) in [7, 11) is 0. The molecule has 4 heteroatoms. The van der Waals surface area contributed by atoms with E-state index < -0.39 is 0 Å². The fraction of sp³-hybridized carbons (Fsp3) is 0.333. The van der Waals surface area contributed by atoms with Crippen LogP contribution in [0.1, 0.15) is 31.4 Å². The van der Waals surface area contributed by atoms with Crippen LogP contribution in [0, 0.1) is 11.8 Å². The lowest BCUT2D eigenvalue weighted by molar-refractivity contribution is 0.522. The van der Waals surface area contributed by atoms with Crippen LogP contribution in [-0.4, -0.2) is 0 Å². The van der Waals surface area contributed by atoms with E-state index in [1.165, 1.54) is 0 Å². The lowest BCUT2D eigenvalue weighted by Crippen LogP contribution is -2.28. The van der Waals surface area contributed by atoms with Crippen LogP contribution in [-0.2, 0) is 0 Å². The fourth-order valence-corrected chi connectivity index (χ4v) is 2.16. The van der Waals surface area contributed by atoms with Gasteiger partial charge in [-0.3, -0.25) is 11.3 Å². The fourth-order valence-electron chi connectivity index (χ4n) is 1.45. The first-order valence-electron chi connectivity index (χ1n) is 4.99. The Morgan fingerprint density at radius 1 is 1.56 bits per heavy atom. The predicted molar refractivity (Wildman–Crippen MR) is 71.9 cm³/mol. The SMILES string of the molecule is CC#CCCC(NN)c1cc(Cl)ccc1Br. The Morgan fingerprint density at radius 3 is 2.94 bits per heavy atom. The van der Waals surface area contributed by atoms with Gasteiger partial charge >= 0.3 is 0 Å². The molecule has 0 radical (unpaired) electrons. The van der Waals surface area contributed by atoms with Crippen LogP contribution in [0.5, 0.6) is 0 Å². The van der Waals surface area contributed by atoms with E-state index >= 15 is 0 Å². The number of hydrogen-bond acceptors (Lipinski definition) is 2. The van der Waals surface area contributed by atoms with E-state index in [-0.39, 0.29) is 6.04 Å². The van der Waals surface area contributed by atoms with Crippen molar-refractivity contribution in [3.05, 3.63) is 33.3 Å². The first-order chi connectivity index (χ1) is 7.69. The van der Waals surface area contributed by atoms with Crippen molar-refractivity contribution in [3.8, 4) is 11.8 Å². The Bertz CT molecular complexity index is 409. The van der Waals surface area contributed by atoms with Gasteiger partial charge in [-0.2, -0.15) is 0 Å². The minimum absolute atomic E-state index is 0.0638. The summed E-state index contributed by atoms with van der Waals surface area (Å²) in [6.45, 7) is 1.83. The molecule has 1 atom stereocenters. The monoisotopic (exact) mass is 300 g/mol. The van der Waals surface area contributed by atoms with E-state index in [2.05, 4.69) is 33.2 Å². The summed E-state index contributed by atoms with van der Waals surface area (Å²) in [5.74, 6) is 11.4. The maximum Gasteiger partial charge on any atom is 0.0480 e. The van der Waals surface area contributed by atoms with Gasteiger partial charge in [0.15, 0.2) is 0 Å². The molecule has 0 amide bonds. The zero-order valence-corrected chi connectivity index (χ0v) is 11.4. The van der Waals surface area contributed by atoms with Gasteiger partial charge in [-0.25, -0.2) is 0 Å². The third-order valence-corrected chi connectivity index (χ3v) is 3.23. The minimum Gasteiger partial charge on any atom is -0.271 e. The molecule has 0 aliphatic heterocycles. The molecule has 86 valence electrons. The van der Waals surface area contributed by atoms with Crippen LogP contribution in [0.4, 0.5) is 0 Å². The van der Waals surface area contributed by atoms with E-state index in [4.69, 9.17) is 17.4 Å². The number of hydrogen-bond donors (Lipinski definition) is 2. The molecular weight excluding hydrogens is 288 g/mol. The van der Waals surface area contributed by atoms with Crippen molar-refractivity contribution in [1.29, 1.82) is 0 Å². The van der Waals surface area contributed by atoms with Crippen molar-refractivity contribution in [2.75, 3.05) is 0 Å². The van der Waals surface area contributed by atoms with Crippen molar-refractivity contribution in [1.82, 2.24) is 5.43 Å². The van der Waals surface area contributed by atoms with Gasteiger partial charge in [0.2, 0.25) is 0 Å². The minimum atomic E-state index is 0.0638. The van der Waals surface area contributed by atoms with Crippen molar-refractivity contribution in [3.63, 3.8) is 0 Å². The van der Waals surface area contributed by atoms with Gasteiger partial charge in [0.25, 0.3) is 0 Å². The lowest BCUT2D eigenvalue weighted by atomic mass is 10.0. The van der Waals surface area contributed by atoms with Crippen LogP contribution in [0.2, 0.25) is 5.02 Å². The van der Waals surface area contributed by atoms with Crippen LogP contribution < -0.4 is 11.3 Å². The molecule has 1 unspecified atom stereocenters. The Hall–Kier alpha value is -0.530. The second-order valence-electron chi connectivity index (χ2n) is 3.35. The zero-order valence-electron chi connectivity index (χ0n) is 9.06. The highest BCUT2D eigenvalue weighted by molar-refractivity contribution is 9.10. The van der Waals surface area contributed by atoms with E-state index in [1.807, 2.05) is 25.1 Å². The number of benzene rings is 1. The molecular formula is C12H14BrClN2. The average molecular weight is 302 g/mol. The van der Waals surface area contributed by atoms with E-state index in [9.17, 15) is 0 Å². The summed E-state index contributed by atoms with van der Waals surface area (Å²) in [5.41, 5.74) is 3.85. The molecule has 0 aliphatic rings. The highest BCUT2D eigenvalue weighted by Gasteiger charge is 2.12. The van der Waals surface area contributed by atoms with Gasteiger partial charge in [0, 0.05) is 22.0 Å². The van der Waals surface area contributed by atoms with Gasteiger partial charge in [-0.05, 0) is 37.1 Å². The van der Waals surface area contributed by atoms with Gasteiger partial charge in [-0.15, -0.1) is 11.8 Å². The summed E-state index contributed by atoms with van der Waals surface area (Å²) in [6.07, 6.45) is 1.67. The van der Waals surface area contributed by atoms with Gasteiger partial charge in [-0.1, -0.05) is 27.5 Å². The van der Waals surface area contributed by atoms with Crippen molar-refractivity contribution in [2.45, 2.75) is 25.8 Å². The maximum atomic E-state index is 5.96. The molecule has 0 bridgehead atoms. The first kappa shape index (κ1) is 13.5. The summed E-state index contributed by atoms with van der Waals surface area (Å²) >= 11 is 9.45. The molecule has 1 aromatic carbocycles. The largest absolute Gasteiger partial charge is 0.271 e. The highest BCUT2D eigenvalue weighted by Crippen LogP contribution is 2.28. The smallest absolute Gasteiger partial charge is 0.0480 e. The average Bonchev–Trinajstić information content (AvgIpc) is 2.28. The van der Waals surface area contributed by atoms with E-state index in [0.717, 1.165) is 22.9 Å². The molecule has 0 spiro atoms. The predicted octanol–water partition coefficient (Wildman–Crippen LogP) is 3.41. The quantitative estimate of drug-likeness (QED) is 0.508. The number of nitrogens with one attached hydrogen (secondary N) is 1. The summed E-state index contributed by atoms with van der Waals surface area (Å²) in [6, 6.07) is 5.74. The highest BCUT2D eigenvalue weighted by atomic mass is 79.9. The van der Waals surface area contributed by atoms with Crippen molar-refractivity contribution >= 4 is 27.5 Å². The molecule has 1 rings (SSSR count). The molecule has 1 aromatic rings. The standard InChI is InChI=1S/C12H14BrClN2/c1-2-3-4-5-12(16-15)10-8-9(14)6-7-11(10)13/h6-8,12,16H,4-5,15H2,1H3. The van der Waals surface area contributed by atoms with Crippen LogP contribution in [0.25, 0.3) is 0 Å². The Kier molecular flexibility index (Phi) is 5.86. The van der Waals surface area contributed by atoms with Gasteiger partial charge in [0.1, 0.15) is 0 Å². The molecule has 0 aliphatic carbocycles. The Morgan fingerprint density at radius 2 is 2.31 bits per heavy atom. The van der Waals surface area contributed by atoms with Crippen molar-refractivity contribution < 1.29 is 0 Å². The van der Waals surface area contributed by atoms with Crippen LogP contribution >= 0.6 is 27.5 Å². The number of hydrazine groups is 1. The molecule has 0 saturated carbocycles. The normalized spacial score (nSPS) is 11.8. The Balaban J connectivity index is 2.84. The number of rotatable bonds is 4. The molecule has 16 heavy (non-hydrogen) atoms. The summed E-state index contributed by atoms with van der Waals surface area (Å²) in [5, 5.41) is 0.708. The zero-order chi connectivity index (χ0) is 12.0. The second-order valence-corrected chi connectivity index (χ2v) is 4.64. The third-order valence-electron chi connectivity index (χ3n) is 2.27. The Labute approximate surface area is 110 Å². The lowest BCUT2D eigenvalue weighted by Gasteiger charge is -2.16.